The number of ketones is 1. The third-order valence-electron chi connectivity index (χ3n) is 4.30. The first-order valence-corrected chi connectivity index (χ1v) is 8.12. The van der Waals surface area contributed by atoms with Gasteiger partial charge in [-0.2, -0.15) is 0 Å². The van der Waals surface area contributed by atoms with Gasteiger partial charge in [0.1, 0.15) is 5.75 Å². The van der Waals surface area contributed by atoms with Crippen LogP contribution >= 0.6 is 0 Å². The standard InChI is InChI=1S/C18H25NO4/c1-4-23-17(20)12-19-9-7-14(8-10-19)18(21)15-5-6-16(22-3)13(2)11-15/h5-6,11,14H,4,7-10,12H2,1-3H3. The van der Waals surface area contributed by atoms with Gasteiger partial charge in [-0.15, -0.1) is 0 Å². The van der Waals surface area contributed by atoms with Crippen molar-refractivity contribution in [2.45, 2.75) is 26.7 Å². The Bertz CT molecular complexity index is 562. The minimum absolute atomic E-state index is 0.0289. The van der Waals surface area contributed by atoms with E-state index in [-0.39, 0.29) is 17.7 Å². The fourth-order valence-electron chi connectivity index (χ4n) is 3.01. The highest BCUT2D eigenvalue weighted by Crippen LogP contribution is 2.25. The topological polar surface area (TPSA) is 55.8 Å². The van der Waals surface area contributed by atoms with E-state index >= 15 is 0 Å². The highest BCUT2D eigenvalue weighted by atomic mass is 16.5. The molecule has 0 bridgehead atoms. The van der Waals surface area contributed by atoms with E-state index in [1.807, 2.05) is 25.1 Å². The second-order valence-corrected chi connectivity index (χ2v) is 5.90. The first-order valence-electron chi connectivity index (χ1n) is 8.12. The first-order chi connectivity index (χ1) is 11.0. The number of piperidine rings is 1. The number of carbonyl (C=O) groups excluding carboxylic acids is 2. The molecular formula is C18H25NO4. The lowest BCUT2D eigenvalue weighted by Crippen LogP contribution is -2.39. The molecule has 0 N–H and O–H groups in total. The van der Waals surface area contributed by atoms with Gasteiger partial charge in [-0.05, 0) is 63.5 Å². The minimum Gasteiger partial charge on any atom is -0.496 e. The Morgan fingerprint density at radius 2 is 1.96 bits per heavy atom. The van der Waals surface area contributed by atoms with Gasteiger partial charge < -0.3 is 9.47 Å². The average molecular weight is 319 g/mol. The summed E-state index contributed by atoms with van der Waals surface area (Å²) in [5.41, 5.74) is 1.71. The maximum atomic E-state index is 12.6. The Morgan fingerprint density at radius 1 is 1.26 bits per heavy atom. The van der Waals surface area contributed by atoms with Crippen LogP contribution < -0.4 is 4.74 Å². The van der Waals surface area contributed by atoms with Crippen LogP contribution in [0.3, 0.4) is 0 Å². The van der Waals surface area contributed by atoms with Gasteiger partial charge in [0, 0.05) is 11.5 Å². The molecule has 1 aromatic carbocycles. The predicted octanol–water partition coefficient (Wildman–Crippen LogP) is 2.46. The number of hydrogen-bond acceptors (Lipinski definition) is 5. The van der Waals surface area contributed by atoms with Gasteiger partial charge in [-0.25, -0.2) is 0 Å². The number of esters is 1. The van der Waals surface area contributed by atoms with E-state index in [4.69, 9.17) is 9.47 Å². The molecule has 2 rings (SSSR count). The average Bonchev–Trinajstić information content (AvgIpc) is 2.55. The Hall–Kier alpha value is -1.88. The second-order valence-electron chi connectivity index (χ2n) is 5.90. The summed E-state index contributed by atoms with van der Waals surface area (Å²) in [5, 5.41) is 0. The van der Waals surface area contributed by atoms with Crippen molar-refractivity contribution in [1.82, 2.24) is 4.90 Å². The van der Waals surface area contributed by atoms with E-state index in [0.717, 1.165) is 42.8 Å². The van der Waals surface area contributed by atoms with Crippen molar-refractivity contribution >= 4 is 11.8 Å². The quantitative estimate of drug-likeness (QED) is 0.595. The molecule has 0 amide bonds. The van der Waals surface area contributed by atoms with Gasteiger partial charge in [-0.3, -0.25) is 14.5 Å². The van der Waals surface area contributed by atoms with Gasteiger partial charge in [0.15, 0.2) is 5.78 Å². The highest BCUT2D eigenvalue weighted by molar-refractivity contribution is 5.98. The lowest BCUT2D eigenvalue weighted by Gasteiger charge is -2.30. The van der Waals surface area contributed by atoms with E-state index < -0.39 is 0 Å². The summed E-state index contributed by atoms with van der Waals surface area (Å²) in [6.45, 7) is 5.98. The number of methoxy groups -OCH3 is 1. The monoisotopic (exact) mass is 319 g/mol. The van der Waals surface area contributed by atoms with E-state index in [1.165, 1.54) is 0 Å². The van der Waals surface area contributed by atoms with E-state index in [2.05, 4.69) is 4.90 Å². The first kappa shape index (κ1) is 17.5. The molecule has 1 fully saturated rings. The molecule has 126 valence electrons. The Kier molecular flexibility index (Phi) is 6.16. The van der Waals surface area contributed by atoms with Crippen LogP contribution in [0.2, 0.25) is 0 Å². The summed E-state index contributed by atoms with van der Waals surface area (Å²) < 4.78 is 10.2. The fourth-order valence-corrected chi connectivity index (χ4v) is 3.01. The van der Waals surface area contributed by atoms with E-state index in [1.54, 1.807) is 14.0 Å². The van der Waals surface area contributed by atoms with Crippen LogP contribution in [0, 0.1) is 12.8 Å². The molecule has 1 aliphatic heterocycles. The van der Waals surface area contributed by atoms with Crippen LogP contribution in [0.1, 0.15) is 35.7 Å². The van der Waals surface area contributed by atoms with Crippen LogP contribution in [0.25, 0.3) is 0 Å². The lowest BCUT2D eigenvalue weighted by molar-refractivity contribution is -0.144. The van der Waals surface area contributed by atoms with Gasteiger partial charge in [0.05, 0.1) is 20.3 Å². The van der Waals surface area contributed by atoms with Crippen molar-refractivity contribution in [3.8, 4) is 5.75 Å². The Morgan fingerprint density at radius 3 is 2.52 bits per heavy atom. The molecule has 1 aliphatic rings. The van der Waals surface area contributed by atoms with Gasteiger partial charge in [-0.1, -0.05) is 0 Å². The summed E-state index contributed by atoms with van der Waals surface area (Å²) >= 11 is 0. The molecule has 0 unspecified atom stereocenters. The molecule has 1 aromatic rings. The summed E-state index contributed by atoms with van der Waals surface area (Å²) in [6.07, 6.45) is 1.56. The maximum absolute atomic E-state index is 12.6. The third kappa shape index (κ3) is 4.55. The highest BCUT2D eigenvalue weighted by Gasteiger charge is 2.27. The molecule has 1 saturated heterocycles. The SMILES string of the molecule is CCOC(=O)CN1CCC(C(=O)c2ccc(OC)c(C)c2)CC1. The van der Waals surface area contributed by atoms with Crippen molar-refractivity contribution in [2.24, 2.45) is 5.92 Å². The van der Waals surface area contributed by atoms with E-state index in [9.17, 15) is 9.59 Å². The molecule has 0 atom stereocenters. The molecule has 5 nitrogen and oxygen atoms in total. The van der Waals surface area contributed by atoms with Gasteiger partial charge in [0.25, 0.3) is 0 Å². The number of Topliss-reactive ketones (excluding diaryl/α,β-unsaturated/α-hetero) is 1. The normalized spacial score (nSPS) is 16.1. The van der Waals surface area contributed by atoms with Crippen molar-refractivity contribution in [3.05, 3.63) is 29.3 Å². The summed E-state index contributed by atoms with van der Waals surface area (Å²) in [4.78, 5) is 26.2. The number of rotatable bonds is 6. The molecule has 0 saturated carbocycles. The number of hydrogen-bond donors (Lipinski definition) is 0. The van der Waals surface area contributed by atoms with Crippen molar-refractivity contribution in [3.63, 3.8) is 0 Å². The number of likely N-dealkylation sites (tertiary alicyclic amines) is 1. The number of ether oxygens (including phenoxy) is 2. The molecule has 0 spiro atoms. The maximum Gasteiger partial charge on any atom is 0.320 e. The molecule has 0 radical (unpaired) electrons. The summed E-state index contributed by atoms with van der Waals surface area (Å²) in [6, 6.07) is 5.57. The van der Waals surface area contributed by atoms with Gasteiger partial charge in [0.2, 0.25) is 0 Å². The van der Waals surface area contributed by atoms with Crippen molar-refractivity contribution < 1.29 is 19.1 Å². The zero-order valence-electron chi connectivity index (χ0n) is 14.1. The second kappa shape index (κ2) is 8.11. The largest absolute Gasteiger partial charge is 0.496 e. The lowest BCUT2D eigenvalue weighted by atomic mass is 9.88. The van der Waals surface area contributed by atoms with Crippen molar-refractivity contribution in [1.29, 1.82) is 0 Å². The minimum atomic E-state index is -0.192. The van der Waals surface area contributed by atoms with E-state index in [0.29, 0.717) is 13.2 Å². The van der Waals surface area contributed by atoms with Crippen LogP contribution in [0.15, 0.2) is 18.2 Å². The van der Waals surface area contributed by atoms with Crippen LogP contribution in [0.4, 0.5) is 0 Å². The van der Waals surface area contributed by atoms with Crippen LogP contribution in [-0.4, -0.2) is 50.0 Å². The number of nitrogens with zero attached hydrogens (tertiary/aromatic N) is 1. The molecule has 0 aromatic heterocycles. The molecule has 5 heteroatoms. The Labute approximate surface area is 137 Å². The molecule has 1 heterocycles. The third-order valence-corrected chi connectivity index (χ3v) is 4.30. The predicted molar refractivity (Wildman–Crippen MR) is 87.9 cm³/mol. The Balaban J connectivity index is 1.90. The van der Waals surface area contributed by atoms with Gasteiger partial charge >= 0.3 is 5.97 Å². The van der Waals surface area contributed by atoms with Crippen molar-refractivity contribution in [2.75, 3.05) is 33.4 Å². The molecular weight excluding hydrogens is 294 g/mol. The van der Waals surface area contributed by atoms with Crippen LogP contribution in [0.5, 0.6) is 5.75 Å². The zero-order valence-corrected chi connectivity index (χ0v) is 14.1. The summed E-state index contributed by atoms with van der Waals surface area (Å²) in [7, 11) is 1.63. The fraction of sp³-hybridized carbons (Fsp3) is 0.556. The number of benzene rings is 1. The molecule has 0 aliphatic carbocycles. The summed E-state index contributed by atoms with van der Waals surface area (Å²) in [5.74, 6) is 0.821. The number of aryl methyl sites for hydroxylation is 1. The molecule has 23 heavy (non-hydrogen) atoms. The smallest absolute Gasteiger partial charge is 0.320 e. The zero-order chi connectivity index (χ0) is 16.8. The van der Waals surface area contributed by atoms with Crippen LogP contribution in [-0.2, 0) is 9.53 Å². The number of carbonyl (C=O) groups is 2.